The van der Waals surface area contributed by atoms with Crippen molar-refractivity contribution in [3.8, 4) is 0 Å². The minimum atomic E-state index is -0.902. The predicted molar refractivity (Wildman–Crippen MR) is 67.6 cm³/mol. The number of halogens is 3. The van der Waals surface area contributed by atoms with E-state index in [9.17, 15) is 8.78 Å². The van der Waals surface area contributed by atoms with E-state index in [2.05, 4.69) is 5.32 Å². The Morgan fingerprint density at radius 3 is 2.41 bits per heavy atom. The Balaban J connectivity index is 2.93. The van der Waals surface area contributed by atoms with Crippen LogP contribution in [0, 0.1) is 11.6 Å². The van der Waals surface area contributed by atoms with Crippen LogP contribution in [0.2, 0.25) is 5.02 Å². The molecule has 0 bridgehead atoms. The highest BCUT2D eigenvalue weighted by Gasteiger charge is 2.24. The fourth-order valence-corrected chi connectivity index (χ4v) is 2.16. The molecule has 1 aromatic rings. The number of nitrogens with one attached hydrogen (secondary N) is 1. The molecule has 17 heavy (non-hydrogen) atoms. The molecule has 0 aliphatic carbocycles. The first-order chi connectivity index (χ1) is 7.88. The molecule has 0 aromatic heterocycles. The van der Waals surface area contributed by atoms with E-state index in [0.717, 1.165) is 25.6 Å². The van der Waals surface area contributed by atoms with Crippen LogP contribution in [0.3, 0.4) is 0 Å². The van der Waals surface area contributed by atoms with Gasteiger partial charge in [0.05, 0.1) is 0 Å². The van der Waals surface area contributed by atoms with E-state index in [0.29, 0.717) is 5.56 Å². The maximum Gasteiger partial charge on any atom is 0.160 e. The summed E-state index contributed by atoms with van der Waals surface area (Å²) in [5.41, 5.74) is 0.365. The van der Waals surface area contributed by atoms with Crippen LogP contribution < -0.4 is 5.32 Å². The molecule has 96 valence electrons. The molecule has 0 spiro atoms. The van der Waals surface area contributed by atoms with E-state index in [1.54, 1.807) is 0 Å². The molecule has 0 atom stereocenters. The zero-order chi connectivity index (χ0) is 13.1. The van der Waals surface area contributed by atoms with E-state index in [1.807, 2.05) is 20.8 Å². The standard InChI is InChI=1S/C13H18ClF2N/c1-4-17-6-5-13(2,3)9-7-11(15)12(16)8-10(9)14/h7-8,17H,4-6H2,1-3H3. The van der Waals surface area contributed by atoms with Gasteiger partial charge in [-0.3, -0.25) is 0 Å². The smallest absolute Gasteiger partial charge is 0.160 e. The quantitative estimate of drug-likeness (QED) is 0.626. The summed E-state index contributed by atoms with van der Waals surface area (Å²) in [6, 6.07) is 2.24. The van der Waals surface area contributed by atoms with Gasteiger partial charge < -0.3 is 5.32 Å². The van der Waals surface area contributed by atoms with E-state index in [4.69, 9.17) is 11.6 Å². The van der Waals surface area contributed by atoms with Gasteiger partial charge in [-0.05, 0) is 42.6 Å². The number of rotatable bonds is 5. The highest BCUT2D eigenvalue weighted by Crippen LogP contribution is 2.33. The van der Waals surface area contributed by atoms with Gasteiger partial charge in [0.2, 0.25) is 0 Å². The van der Waals surface area contributed by atoms with E-state index in [-0.39, 0.29) is 10.4 Å². The van der Waals surface area contributed by atoms with Crippen LogP contribution >= 0.6 is 11.6 Å². The van der Waals surface area contributed by atoms with Gasteiger partial charge in [-0.25, -0.2) is 8.78 Å². The highest BCUT2D eigenvalue weighted by atomic mass is 35.5. The molecular weight excluding hydrogens is 244 g/mol. The fraction of sp³-hybridized carbons (Fsp3) is 0.538. The first-order valence-corrected chi connectivity index (χ1v) is 6.12. The summed E-state index contributed by atoms with van der Waals surface area (Å²) >= 11 is 5.97. The first-order valence-electron chi connectivity index (χ1n) is 5.74. The van der Waals surface area contributed by atoms with Gasteiger partial charge >= 0.3 is 0 Å². The van der Waals surface area contributed by atoms with Crippen LogP contribution in [0.25, 0.3) is 0 Å². The summed E-state index contributed by atoms with van der Waals surface area (Å²) in [5.74, 6) is -1.75. The third-order valence-corrected chi connectivity index (χ3v) is 3.23. The van der Waals surface area contributed by atoms with Crippen LogP contribution in [-0.4, -0.2) is 13.1 Å². The van der Waals surface area contributed by atoms with Gasteiger partial charge in [-0.15, -0.1) is 0 Å². The molecule has 0 saturated carbocycles. The summed E-state index contributed by atoms with van der Waals surface area (Å²) in [7, 11) is 0. The largest absolute Gasteiger partial charge is 0.317 e. The predicted octanol–water partition coefficient (Wildman–Crippen LogP) is 3.90. The van der Waals surface area contributed by atoms with E-state index >= 15 is 0 Å². The maximum absolute atomic E-state index is 13.2. The fourth-order valence-electron chi connectivity index (χ4n) is 1.75. The van der Waals surface area contributed by atoms with Gasteiger partial charge in [0.25, 0.3) is 0 Å². The average Bonchev–Trinajstić information content (AvgIpc) is 2.23. The summed E-state index contributed by atoms with van der Waals surface area (Å²) in [6.45, 7) is 7.68. The molecule has 1 rings (SSSR count). The van der Waals surface area contributed by atoms with Crippen LogP contribution in [0.15, 0.2) is 12.1 Å². The monoisotopic (exact) mass is 261 g/mol. The Bertz CT molecular complexity index is 391. The Hall–Kier alpha value is -0.670. The second kappa shape index (κ2) is 5.78. The summed E-state index contributed by atoms with van der Waals surface area (Å²) in [5, 5.41) is 3.49. The van der Waals surface area contributed by atoms with Gasteiger partial charge in [-0.2, -0.15) is 0 Å². The lowest BCUT2D eigenvalue weighted by molar-refractivity contribution is 0.451. The Morgan fingerprint density at radius 2 is 1.82 bits per heavy atom. The molecule has 0 aliphatic heterocycles. The average molecular weight is 262 g/mol. The summed E-state index contributed by atoms with van der Waals surface area (Å²) < 4.78 is 26.2. The van der Waals surface area contributed by atoms with Crippen molar-refractivity contribution in [1.29, 1.82) is 0 Å². The molecule has 1 N–H and O–H groups in total. The number of hydrogen-bond acceptors (Lipinski definition) is 1. The van der Waals surface area contributed by atoms with Crippen molar-refractivity contribution in [2.75, 3.05) is 13.1 Å². The molecule has 0 unspecified atom stereocenters. The lowest BCUT2D eigenvalue weighted by Crippen LogP contribution is -2.25. The zero-order valence-electron chi connectivity index (χ0n) is 10.4. The normalized spacial score (nSPS) is 11.9. The van der Waals surface area contributed by atoms with Crippen LogP contribution in [-0.2, 0) is 5.41 Å². The van der Waals surface area contributed by atoms with Gasteiger partial charge in [0.1, 0.15) is 0 Å². The lowest BCUT2D eigenvalue weighted by atomic mass is 9.81. The van der Waals surface area contributed by atoms with Crippen molar-refractivity contribution in [2.24, 2.45) is 0 Å². The molecule has 1 aromatic carbocycles. The molecular formula is C13H18ClF2N. The number of hydrogen-bond donors (Lipinski definition) is 1. The Morgan fingerprint density at radius 1 is 1.24 bits per heavy atom. The summed E-state index contributed by atoms with van der Waals surface area (Å²) in [6.07, 6.45) is 0.811. The molecule has 1 nitrogen and oxygen atoms in total. The molecule has 0 amide bonds. The third-order valence-electron chi connectivity index (χ3n) is 2.92. The van der Waals surface area contributed by atoms with Gasteiger partial charge in [-0.1, -0.05) is 32.4 Å². The van der Waals surface area contributed by atoms with Crippen molar-refractivity contribution in [3.63, 3.8) is 0 Å². The van der Waals surface area contributed by atoms with Crippen molar-refractivity contribution >= 4 is 11.6 Å². The van der Waals surface area contributed by atoms with E-state index < -0.39 is 11.6 Å². The van der Waals surface area contributed by atoms with Crippen molar-refractivity contribution < 1.29 is 8.78 Å². The van der Waals surface area contributed by atoms with Crippen LogP contribution in [0.1, 0.15) is 32.8 Å². The van der Waals surface area contributed by atoms with Gasteiger partial charge in [0, 0.05) is 5.02 Å². The molecule has 0 saturated heterocycles. The maximum atomic E-state index is 13.2. The second-order valence-electron chi connectivity index (χ2n) is 4.73. The number of benzene rings is 1. The third kappa shape index (κ3) is 3.65. The van der Waals surface area contributed by atoms with Crippen molar-refractivity contribution in [3.05, 3.63) is 34.4 Å². The molecule has 0 heterocycles. The lowest BCUT2D eigenvalue weighted by Gasteiger charge is -2.26. The Labute approximate surface area is 106 Å². The molecule has 0 aliphatic rings. The topological polar surface area (TPSA) is 12.0 Å². The molecule has 0 fully saturated rings. The van der Waals surface area contributed by atoms with Crippen molar-refractivity contribution in [1.82, 2.24) is 5.32 Å². The second-order valence-corrected chi connectivity index (χ2v) is 5.14. The minimum Gasteiger partial charge on any atom is -0.317 e. The SMILES string of the molecule is CCNCCC(C)(C)c1cc(F)c(F)cc1Cl. The zero-order valence-corrected chi connectivity index (χ0v) is 11.2. The van der Waals surface area contributed by atoms with Gasteiger partial charge in [0.15, 0.2) is 11.6 Å². The molecule has 0 radical (unpaired) electrons. The van der Waals surface area contributed by atoms with E-state index in [1.165, 1.54) is 6.07 Å². The Kier molecular flexibility index (Phi) is 4.90. The minimum absolute atomic E-state index is 0.283. The molecule has 4 heteroatoms. The van der Waals surface area contributed by atoms with Crippen LogP contribution in [0.5, 0.6) is 0 Å². The van der Waals surface area contributed by atoms with Crippen LogP contribution in [0.4, 0.5) is 8.78 Å². The first kappa shape index (κ1) is 14.4. The highest BCUT2D eigenvalue weighted by molar-refractivity contribution is 6.31. The summed E-state index contributed by atoms with van der Waals surface area (Å²) in [4.78, 5) is 0. The van der Waals surface area contributed by atoms with Crippen molar-refractivity contribution in [2.45, 2.75) is 32.6 Å².